The summed E-state index contributed by atoms with van der Waals surface area (Å²) in [4.78, 5) is 19.3. The van der Waals surface area contributed by atoms with Gasteiger partial charge in [-0.05, 0) is 30.9 Å². The Labute approximate surface area is 153 Å². The Bertz CT molecular complexity index is 923. The number of benzene rings is 2. The first-order chi connectivity index (χ1) is 12.0. The molecule has 25 heavy (non-hydrogen) atoms. The van der Waals surface area contributed by atoms with E-state index in [1.807, 2.05) is 68.6 Å². The molecule has 0 bridgehead atoms. The smallest absolute Gasteiger partial charge is 0.272 e. The molecule has 3 aromatic rings. The first kappa shape index (κ1) is 17.4. The van der Waals surface area contributed by atoms with Gasteiger partial charge in [0.25, 0.3) is 5.91 Å². The lowest BCUT2D eigenvalue weighted by Crippen LogP contribution is -2.35. The molecule has 1 unspecified atom stereocenters. The minimum Gasteiger partial charge on any atom is -0.338 e. The topological polar surface area (TPSA) is 33.2 Å². The summed E-state index contributed by atoms with van der Waals surface area (Å²) in [5.74, 6) is -0.0755. The molecule has 0 fully saturated rings. The predicted molar refractivity (Wildman–Crippen MR) is 104 cm³/mol. The number of hydrogen-bond acceptors (Lipinski definition) is 2. The zero-order valence-corrected chi connectivity index (χ0v) is 15.4. The van der Waals surface area contributed by atoms with Crippen LogP contribution in [0.5, 0.6) is 0 Å². The number of rotatable bonds is 4. The first-order valence-electron chi connectivity index (χ1n) is 8.44. The van der Waals surface area contributed by atoms with E-state index in [4.69, 9.17) is 16.6 Å². The van der Waals surface area contributed by atoms with Crippen molar-refractivity contribution in [2.24, 2.45) is 0 Å². The summed E-state index contributed by atoms with van der Waals surface area (Å²) >= 11 is 6.39. The van der Waals surface area contributed by atoms with Gasteiger partial charge in [-0.25, -0.2) is 4.98 Å². The average molecular weight is 352 g/mol. The lowest BCUT2D eigenvalue weighted by atomic mass is 10.0. The third-order valence-electron chi connectivity index (χ3n) is 4.66. The summed E-state index contributed by atoms with van der Waals surface area (Å²) in [6, 6.07) is 17.5. The van der Waals surface area contributed by atoms with Crippen molar-refractivity contribution in [2.75, 3.05) is 7.05 Å². The summed E-state index contributed by atoms with van der Waals surface area (Å²) in [6.45, 7) is 4.10. The summed E-state index contributed by atoms with van der Waals surface area (Å²) < 4.78 is 0. The molecule has 0 spiro atoms. The maximum Gasteiger partial charge on any atom is 0.272 e. The number of carbonyl (C=O) groups is 1. The van der Waals surface area contributed by atoms with Gasteiger partial charge >= 0.3 is 0 Å². The molecule has 1 heterocycles. The fraction of sp³-hybridized carbons (Fsp3) is 0.238. The molecular formula is C21H21ClN2O. The van der Waals surface area contributed by atoms with Crippen molar-refractivity contribution in [3.05, 3.63) is 65.3 Å². The maximum absolute atomic E-state index is 12.9. The van der Waals surface area contributed by atoms with E-state index in [2.05, 4.69) is 6.92 Å². The SMILES string of the molecule is CCC(C)N([11CH3])C(=O)c1cc2ccccc2c(-c2ccccc2Cl)n1. The van der Waals surface area contributed by atoms with Crippen LogP contribution in [0.1, 0.15) is 30.8 Å². The van der Waals surface area contributed by atoms with Crippen molar-refractivity contribution in [3.8, 4) is 11.3 Å². The Morgan fingerprint density at radius 1 is 1.16 bits per heavy atom. The lowest BCUT2D eigenvalue weighted by Gasteiger charge is -2.24. The molecule has 128 valence electrons. The summed E-state index contributed by atoms with van der Waals surface area (Å²) in [5.41, 5.74) is 2.02. The molecule has 0 aliphatic carbocycles. The molecule has 3 rings (SSSR count). The number of aromatic nitrogens is 1. The minimum absolute atomic E-state index is 0.0755. The third kappa shape index (κ3) is 3.38. The van der Waals surface area contributed by atoms with E-state index in [0.717, 1.165) is 28.5 Å². The van der Waals surface area contributed by atoms with E-state index >= 15 is 0 Å². The van der Waals surface area contributed by atoms with Crippen molar-refractivity contribution >= 4 is 28.3 Å². The molecule has 0 saturated carbocycles. The predicted octanol–water partition coefficient (Wildman–Crippen LogP) is 5.43. The van der Waals surface area contributed by atoms with Gasteiger partial charge in [-0.15, -0.1) is 0 Å². The molecule has 1 amide bonds. The van der Waals surface area contributed by atoms with Crippen LogP contribution < -0.4 is 0 Å². The van der Waals surface area contributed by atoms with Gasteiger partial charge in [0, 0.05) is 29.1 Å². The second kappa shape index (κ2) is 7.24. The van der Waals surface area contributed by atoms with E-state index in [1.54, 1.807) is 4.90 Å². The highest BCUT2D eigenvalue weighted by Gasteiger charge is 2.20. The number of nitrogens with zero attached hydrogens (tertiary/aromatic N) is 2. The molecule has 0 N–H and O–H groups in total. The molecule has 3 nitrogen and oxygen atoms in total. The van der Waals surface area contributed by atoms with Gasteiger partial charge in [-0.3, -0.25) is 4.79 Å². The number of carbonyl (C=O) groups excluding carboxylic acids is 1. The van der Waals surface area contributed by atoms with Crippen LogP contribution >= 0.6 is 11.6 Å². The van der Waals surface area contributed by atoms with Gasteiger partial charge in [0.15, 0.2) is 0 Å². The molecular weight excluding hydrogens is 331 g/mol. The summed E-state index contributed by atoms with van der Waals surface area (Å²) in [6.07, 6.45) is 0.896. The minimum atomic E-state index is -0.0755. The van der Waals surface area contributed by atoms with Gasteiger partial charge in [-0.1, -0.05) is 61.0 Å². The van der Waals surface area contributed by atoms with Crippen molar-refractivity contribution in [2.45, 2.75) is 26.3 Å². The molecule has 4 heteroatoms. The molecule has 2 aromatic carbocycles. The quantitative estimate of drug-likeness (QED) is 0.628. The Morgan fingerprint density at radius 2 is 1.84 bits per heavy atom. The van der Waals surface area contributed by atoms with Gasteiger partial charge < -0.3 is 4.90 Å². The van der Waals surface area contributed by atoms with E-state index in [0.29, 0.717) is 10.7 Å². The fourth-order valence-corrected chi connectivity index (χ4v) is 3.05. The Kier molecular flexibility index (Phi) is 5.05. The van der Waals surface area contributed by atoms with E-state index in [9.17, 15) is 4.79 Å². The van der Waals surface area contributed by atoms with E-state index in [-0.39, 0.29) is 11.9 Å². The van der Waals surface area contributed by atoms with Crippen LogP contribution in [0.25, 0.3) is 22.0 Å². The Hall–Kier alpha value is -2.39. The van der Waals surface area contributed by atoms with Crippen LogP contribution in [-0.4, -0.2) is 28.9 Å². The van der Waals surface area contributed by atoms with Gasteiger partial charge in [0.2, 0.25) is 0 Å². The highest BCUT2D eigenvalue weighted by atomic mass is 35.5. The number of pyridine rings is 1. The summed E-state index contributed by atoms with van der Waals surface area (Å²) in [5, 5.41) is 2.59. The van der Waals surface area contributed by atoms with Crippen LogP contribution in [0.4, 0.5) is 0 Å². The maximum atomic E-state index is 12.9. The Balaban J connectivity index is 2.20. The number of halogens is 1. The molecule has 0 radical (unpaired) electrons. The van der Waals surface area contributed by atoms with Crippen LogP contribution in [0.2, 0.25) is 5.02 Å². The zero-order chi connectivity index (χ0) is 18.0. The molecule has 1 aromatic heterocycles. The fourth-order valence-electron chi connectivity index (χ4n) is 2.82. The largest absolute Gasteiger partial charge is 0.338 e. The molecule has 0 saturated heterocycles. The van der Waals surface area contributed by atoms with Crippen molar-refractivity contribution in [1.82, 2.24) is 9.88 Å². The monoisotopic (exact) mass is 351 g/mol. The van der Waals surface area contributed by atoms with Crippen molar-refractivity contribution in [3.63, 3.8) is 0 Å². The number of fused-ring (bicyclic) bond motifs is 1. The van der Waals surface area contributed by atoms with Crippen molar-refractivity contribution in [1.29, 1.82) is 0 Å². The molecule has 0 aliphatic heterocycles. The van der Waals surface area contributed by atoms with Crippen LogP contribution in [0.3, 0.4) is 0 Å². The highest BCUT2D eigenvalue weighted by Crippen LogP contribution is 2.32. The zero-order valence-electron chi connectivity index (χ0n) is 14.7. The lowest BCUT2D eigenvalue weighted by molar-refractivity contribution is 0.0735. The second-order valence-corrected chi connectivity index (χ2v) is 6.64. The van der Waals surface area contributed by atoms with Crippen LogP contribution in [0, 0.1) is 0 Å². The van der Waals surface area contributed by atoms with Crippen LogP contribution in [0.15, 0.2) is 54.6 Å². The molecule has 1 atom stereocenters. The normalized spacial score (nSPS) is 12.2. The van der Waals surface area contributed by atoms with Crippen molar-refractivity contribution < 1.29 is 4.79 Å². The number of amides is 1. The summed E-state index contributed by atoms with van der Waals surface area (Å²) in [7, 11) is 1.82. The number of hydrogen-bond donors (Lipinski definition) is 0. The first-order valence-corrected chi connectivity index (χ1v) is 8.82. The molecule has 0 aliphatic rings. The van der Waals surface area contributed by atoms with Gasteiger partial charge in [0.05, 0.1) is 5.69 Å². The average Bonchev–Trinajstić information content (AvgIpc) is 2.65. The third-order valence-corrected chi connectivity index (χ3v) is 4.99. The van der Waals surface area contributed by atoms with E-state index < -0.39 is 0 Å². The van der Waals surface area contributed by atoms with Crippen LogP contribution in [-0.2, 0) is 0 Å². The van der Waals surface area contributed by atoms with Gasteiger partial charge in [-0.2, -0.15) is 0 Å². The standard InChI is InChI=1S/C21H21ClN2O/c1-4-14(2)24(3)21(25)19-13-15-9-5-6-10-16(15)20(23-19)17-11-7-8-12-18(17)22/h5-14H,4H2,1-3H3/i3-1. The van der Waals surface area contributed by atoms with E-state index in [1.165, 1.54) is 0 Å². The Morgan fingerprint density at radius 3 is 2.56 bits per heavy atom. The van der Waals surface area contributed by atoms with Gasteiger partial charge in [0.1, 0.15) is 5.69 Å². The highest BCUT2D eigenvalue weighted by molar-refractivity contribution is 6.33. The second-order valence-electron chi connectivity index (χ2n) is 6.23.